The SMILES string of the molecule is CCN(Cc1ccccc1)c1cc(C)nc(Nc2ccc3c(c2)OCO3)n1. The van der Waals surface area contributed by atoms with Crippen molar-refractivity contribution in [2.24, 2.45) is 0 Å². The summed E-state index contributed by atoms with van der Waals surface area (Å²) in [5.41, 5.74) is 3.03. The lowest BCUT2D eigenvalue weighted by Gasteiger charge is -2.23. The van der Waals surface area contributed by atoms with Gasteiger partial charge in [0.25, 0.3) is 0 Å². The Morgan fingerprint density at radius 3 is 2.63 bits per heavy atom. The number of nitrogens with zero attached hydrogens (tertiary/aromatic N) is 3. The summed E-state index contributed by atoms with van der Waals surface area (Å²) in [7, 11) is 0. The zero-order chi connectivity index (χ0) is 18.6. The number of fused-ring (bicyclic) bond motifs is 1. The fourth-order valence-electron chi connectivity index (χ4n) is 3.03. The van der Waals surface area contributed by atoms with E-state index in [4.69, 9.17) is 14.5 Å². The van der Waals surface area contributed by atoms with Gasteiger partial charge in [0.15, 0.2) is 11.5 Å². The molecule has 6 heteroatoms. The summed E-state index contributed by atoms with van der Waals surface area (Å²) >= 11 is 0. The smallest absolute Gasteiger partial charge is 0.231 e. The van der Waals surface area contributed by atoms with Gasteiger partial charge in [-0.2, -0.15) is 4.98 Å². The molecule has 0 bridgehead atoms. The highest BCUT2D eigenvalue weighted by molar-refractivity contribution is 5.61. The molecule has 27 heavy (non-hydrogen) atoms. The van der Waals surface area contributed by atoms with E-state index in [9.17, 15) is 0 Å². The maximum atomic E-state index is 5.44. The van der Waals surface area contributed by atoms with Gasteiger partial charge in [0.1, 0.15) is 5.82 Å². The number of anilines is 3. The molecule has 0 spiro atoms. The van der Waals surface area contributed by atoms with E-state index in [1.54, 1.807) is 0 Å². The molecule has 4 rings (SSSR count). The van der Waals surface area contributed by atoms with E-state index in [-0.39, 0.29) is 6.79 Å². The average molecular weight is 362 g/mol. The molecule has 1 aromatic heterocycles. The van der Waals surface area contributed by atoms with Crippen molar-refractivity contribution in [1.29, 1.82) is 0 Å². The lowest BCUT2D eigenvalue weighted by Crippen LogP contribution is -2.23. The van der Waals surface area contributed by atoms with Crippen LogP contribution < -0.4 is 19.7 Å². The molecule has 1 N–H and O–H groups in total. The molecule has 0 radical (unpaired) electrons. The van der Waals surface area contributed by atoms with Gasteiger partial charge in [-0.1, -0.05) is 30.3 Å². The molecular weight excluding hydrogens is 340 g/mol. The van der Waals surface area contributed by atoms with Gasteiger partial charge in [-0.3, -0.25) is 0 Å². The number of aryl methyl sites for hydroxylation is 1. The summed E-state index contributed by atoms with van der Waals surface area (Å²) in [4.78, 5) is 11.5. The van der Waals surface area contributed by atoms with E-state index in [1.165, 1.54) is 5.56 Å². The molecule has 0 saturated heterocycles. The second-order valence-corrected chi connectivity index (χ2v) is 6.38. The molecular formula is C21H22N4O2. The average Bonchev–Trinajstić information content (AvgIpc) is 3.14. The normalized spacial score (nSPS) is 12.1. The number of ether oxygens (including phenoxy) is 2. The van der Waals surface area contributed by atoms with Gasteiger partial charge < -0.3 is 19.7 Å². The molecule has 0 atom stereocenters. The summed E-state index contributed by atoms with van der Waals surface area (Å²) in [6.07, 6.45) is 0. The summed E-state index contributed by atoms with van der Waals surface area (Å²) < 4.78 is 10.8. The zero-order valence-electron chi connectivity index (χ0n) is 15.5. The summed E-state index contributed by atoms with van der Waals surface area (Å²) in [5.74, 6) is 2.95. The van der Waals surface area contributed by atoms with E-state index in [0.29, 0.717) is 5.95 Å². The summed E-state index contributed by atoms with van der Waals surface area (Å²) in [5, 5.41) is 3.27. The lowest BCUT2D eigenvalue weighted by atomic mass is 10.2. The second kappa shape index (κ2) is 7.53. The molecule has 0 amide bonds. The predicted octanol–water partition coefficient (Wildman–Crippen LogP) is 4.28. The first-order valence-corrected chi connectivity index (χ1v) is 9.02. The second-order valence-electron chi connectivity index (χ2n) is 6.38. The molecule has 1 aliphatic rings. The Bertz CT molecular complexity index is 931. The van der Waals surface area contributed by atoms with Crippen LogP contribution in [-0.4, -0.2) is 23.3 Å². The third-order valence-electron chi connectivity index (χ3n) is 4.39. The van der Waals surface area contributed by atoms with Crippen LogP contribution in [0.3, 0.4) is 0 Å². The van der Waals surface area contributed by atoms with Gasteiger partial charge in [0.05, 0.1) is 0 Å². The number of hydrogen-bond acceptors (Lipinski definition) is 6. The van der Waals surface area contributed by atoms with Crippen LogP contribution >= 0.6 is 0 Å². The molecule has 138 valence electrons. The van der Waals surface area contributed by atoms with E-state index in [2.05, 4.69) is 46.4 Å². The summed E-state index contributed by atoms with van der Waals surface area (Å²) in [6, 6.07) is 18.1. The maximum Gasteiger partial charge on any atom is 0.231 e. The quantitative estimate of drug-likeness (QED) is 0.706. The lowest BCUT2D eigenvalue weighted by molar-refractivity contribution is 0.174. The Labute approximate surface area is 158 Å². The fourth-order valence-corrected chi connectivity index (χ4v) is 3.03. The molecule has 0 saturated carbocycles. The molecule has 6 nitrogen and oxygen atoms in total. The Morgan fingerprint density at radius 2 is 1.81 bits per heavy atom. The van der Waals surface area contributed by atoms with Crippen LogP contribution in [0.2, 0.25) is 0 Å². The molecule has 2 heterocycles. The van der Waals surface area contributed by atoms with Gasteiger partial charge in [0.2, 0.25) is 12.7 Å². The van der Waals surface area contributed by atoms with Crippen LogP contribution in [-0.2, 0) is 6.54 Å². The minimum Gasteiger partial charge on any atom is -0.454 e. The first-order chi connectivity index (χ1) is 13.2. The highest BCUT2D eigenvalue weighted by atomic mass is 16.7. The van der Waals surface area contributed by atoms with Crippen LogP contribution in [0.15, 0.2) is 54.6 Å². The number of hydrogen-bond donors (Lipinski definition) is 1. The summed E-state index contributed by atoms with van der Waals surface area (Å²) in [6.45, 7) is 6.03. The first-order valence-electron chi connectivity index (χ1n) is 9.02. The van der Waals surface area contributed by atoms with Gasteiger partial charge in [-0.05, 0) is 31.5 Å². The van der Waals surface area contributed by atoms with Crippen LogP contribution in [0.4, 0.5) is 17.5 Å². The van der Waals surface area contributed by atoms with E-state index in [0.717, 1.165) is 41.8 Å². The Hall–Kier alpha value is -3.28. The van der Waals surface area contributed by atoms with Crippen molar-refractivity contribution in [2.45, 2.75) is 20.4 Å². The van der Waals surface area contributed by atoms with Gasteiger partial charge >= 0.3 is 0 Å². The molecule has 0 aliphatic carbocycles. The highest BCUT2D eigenvalue weighted by Crippen LogP contribution is 2.35. The monoisotopic (exact) mass is 362 g/mol. The van der Waals surface area contributed by atoms with Crippen LogP contribution in [0.25, 0.3) is 0 Å². The number of nitrogens with one attached hydrogen (secondary N) is 1. The number of aromatic nitrogens is 2. The van der Waals surface area contributed by atoms with Crippen molar-refractivity contribution in [2.75, 3.05) is 23.6 Å². The van der Waals surface area contributed by atoms with Crippen molar-refractivity contribution in [3.05, 3.63) is 65.9 Å². The molecule has 0 unspecified atom stereocenters. The third kappa shape index (κ3) is 3.95. The maximum absolute atomic E-state index is 5.44. The van der Waals surface area contributed by atoms with Gasteiger partial charge in [-0.25, -0.2) is 4.98 Å². The van der Waals surface area contributed by atoms with E-state index in [1.807, 2.05) is 37.3 Å². The van der Waals surface area contributed by atoms with Crippen molar-refractivity contribution < 1.29 is 9.47 Å². The molecule has 2 aromatic carbocycles. The predicted molar refractivity (Wildman–Crippen MR) is 106 cm³/mol. The van der Waals surface area contributed by atoms with E-state index >= 15 is 0 Å². The van der Waals surface area contributed by atoms with Gasteiger partial charge in [0, 0.05) is 36.6 Å². The van der Waals surface area contributed by atoms with Crippen molar-refractivity contribution in [3.8, 4) is 11.5 Å². The van der Waals surface area contributed by atoms with Crippen molar-refractivity contribution in [3.63, 3.8) is 0 Å². The zero-order valence-corrected chi connectivity index (χ0v) is 15.5. The molecule has 3 aromatic rings. The third-order valence-corrected chi connectivity index (χ3v) is 4.39. The van der Waals surface area contributed by atoms with E-state index < -0.39 is 0 Å². The molecule has 1 aliphatic heterocycles. The Kier molecular flexibility index (Phi) is 4.78. The molecule has 0 fully saturated rings. The van der Waals surface area contributed by atoms with Crippen LogP contribution in [0, 0.1) is 6.92 Å². The minimum atomic E-state index is 0.259. The van der Waals surface area contributed by atoms with Crippen molar-refractivity contribution in [1.82, 2.24) is 9.97 Å². The Morgan fingerprint density at radius 1 is 1.00 bits per heavy atom. The van der Waals surface area contributed by atoms with Crippen LogP contribution in [0.5, 0.6) is 11.5 Å². The topological polar surface area (TPSA) is 59.5 Å². The Balaban J connectivity index is 1.57. The standard InChI is InChI=1S/C21H22N4O2/c1-3-25(13-16-7-5-4-6-8-16)20-11-15(2)22-21(24-20)23-17-9-10-18-19(12-17)27-14-26-18/h4-12H,3,13-14H2,1-2H3,(H,22,23,24). The highest BCUT2D eigenvalue weighted by Gasteiger charge is 2.14. The largest absolute Gasteiger partial charge is 0.454 e. The van der Waals surface area contributed by atoms with Crippen molar-refractivity contribution >= 4 is 17.5 Å². The minimum absolute atomic E-state index is 0.259. The van der Waals surface area contributed by atoms with Crippen LogP contribution in [0.1, 0.15) is 18.2 Å². The first kappa shape index (κ1) is 17.1. The van der Waals surface area contributed by atoms with Gasteiger partial charge in [-0.15, -0.1) is 0 Å². The number of benzene rings is 2. The number of rotatable bonds is 6. The fraction of sp³-hybridized carbons (Fsp3) is 0.238.